The SMILES string of the molecule is Cc1ccc(C2NCC2C)c(C)c1. The molecule has 0 spiro atoms. The van der Waals surface area contributed by atoms with E-state index in [9.17, 15) is 0 Å². The Labute approximate surface area is 80.2 Å². The maximum Gasteiger partial charge on any atom is 0.0360 e. The third kappa shape index (κ3) is 1.49. The molecule has 70 valence electrons. The summed E-state index contributed by atoms with van der Waals surface area (Å²) in [7, 11) is 0. The predicted molar refractivity (Wildman–Crippen MR) is 55.8 cm³/mol. The van der Waals surface area contributed by atoms with Gasteiger partial charge in [0.05, 0.1) is 0 Å². The first kappa shape index (κ1) is 8.76. The normalized spacial score (nSPS) is 27.0. The molecule has 1 aliphatic heterocycles. The fourth-order valence-electron chi connectivity index (χ4n) is 2.06. The zero-order valence-electron chi connectivity index (χ0n) is 8.59. The number of aryl methyl sites for hydroxylation is 2. The van der Waals surface area contributed by atoms with Crippen LogP contribution in [-0.4, -0.2) is 6.54 Å². The summed E-state index contributed by atoms with van der Waals surface area (Å²) in [5.74, 6) is 0.793. The van der Waals surface area contributed by atoms with Crippen molar-refractivity contribution < 1.29 is 0 Å². The van der Waals surface area contributed by atoms with Gasteiger partial charge in [0.2, 0.25) is 0 Å². The zero-order valence-corrected chi connectivity index (χ0v) is 8.59. The van der Waals surface area contributed by atoms with Gasteiger partial charge in [-0.2, -0.15) is 0 Å². The molecule has 1 N–H and O–H groups in total. The Kier molecular flexibility index (Phi) is 2.12. The monoisotopic (exact) mass is 175 g/mol. The van der Waals surface area contributed by atoms with Crippen molar-refractivity contribution in [3.05, 3.63) is 34.9 Å². The van der Waals surface area contributed by atoms with E-state index < -0.39 is 0 Å². The lowest BCUT2D eigenvalue weighted by Gasteiger charge is -2.37. The maximum atomic E-state index is 3.47. The van der Waals surface area contributed by atoms with E-state index in [0.717, 1.165) is 12.5 Å². The predicted octanol–water partition coefficient (Wildman–Crippen LogP) is 2.58. The average molecular weight is 175 g/mol. The lowest BCUT2D eigenvalue weighted by atomic mass is 9.85. The molecule has 1 heteroatoms. The van der Waals surface area contributed by atoms with Gasteiger partial charge in [-0.25, -0.2) is 0 Å². The van der Waals surface area contributed by atoms with Crippen LogP contribution in [0.2, 0.25) is 0 Å². The van der Waals surface area contributed by atoms with Crippen LogP contribution in [0.5, 0.6) is 0 Å². The molecule has 1 heterocycles. The van der Waals surface area contributed by atoms with Crippen molar-refractivity contribution in [3.63, 3.8) is 0 Å². The summed E-state index contributed by atoms with van der Waals surface area (Å²) < 4.78 is 0. The highest BCUT2D eigenvalue weighted by atomic mass is 15.0. The third-order valence-corrected chi connectivity index (χ3v) is 2.99. The topological polar surface area (TPSA) is 12.0 Å². The lowest BCUT2D eigenvalue weighted by Crippen LogP contribution is -2.44. The molecule has 2 atom stereocenters. The zero-order chi connectivity index (χ0) is 9.42. The molecule has 0 amide bonds. The van der Waals surface area contributed by atoms with E-state index in [0.29, 0.717) is 6.04 Å². The molecule has 0 aliphatic carbocycles. The van der Waals surface area contributed by atoms with Crippen LogP contribution in [0, 0.1) is 19.8 Å². The highest BCUT2D eigenvalue weighted by Crippen LogP contribution is 2.30. The van der Waals surface area contributed by atoms with Gasteiger partial charge in [-0.05, 0) is 30.9 Å². The molecule has 2 unspecified atom stereocenters. The maximum absolute atomic E-state index is 3.47. The smallest absolute Gasteiger partial charge is 0.0360 e. The molecule has 1 aromatic rings. The Bertz CT molecular complexity index is 317. The molecule has 0 bridgehead atoms. The second kappa shape index (κ2) is 3.15. The Morgan fingerprint density at radius 1 is 1.31 bits per heavy atom. The van der Waals surface area contributed by atoms with Gasteiger partial charge in [-0.3, -0.25) is 0 Å². The fourth-order valence-corrected chi connectivity index (χ4v) is 2.06. The number of benzene rings is 1. The van der Waals surface area contributed by atoms with Crippen LogP contribution in [0.4, 0.5) is 0 Å². The van der Waals surface area contributed by atoms with Crippen LogP contribution < -0.4 is 5.32 Å². The van der Waals surface area contributed by atoms with E-state index >= 15 is 0 Å². The Balaban J connectivity index is 2.30. The van der Waals surface area contributed by atoms with Gasteiger partial charge in [-0.15, -0.1) is 0 Å². The summed E-state index contributed by atoms with van der Waals surface area (Å²) in [5, 5.41) is 3.47. The summed E-state index contributed by atoms with van der Waals surface area (Å²) in [6, 6.07) is 7.33. The Hall–Kier alpha value is -0.820. The molecule has 1 aliphatic rings. The molecule has 1 nitrogen and oxygen atoms in total. The van der Waals surface area contributed by atoms with E-state index in [4.69, 9.17) is 0 Å². The minimum absolute atomic E-state index is 0.598. The van der Waals surface area contributed by atoms with Crippen LogP contribution >= 0.6 is 0 Å². The molecule has 1 saturated heterocycles. The first-order valence-electron chi connectivity index (χ1n) is 4.99. The van der Waals surface area contributed by atoms with Gasteiger partial charge in [0.15, 0.2) is 0 Å². The van der Waals surface area contributed by atoms with E-state index in [-0.39, 0.29) is 0 Å². The highest BCUT2D eigenvalue weighted by Gasteiger charge is 2.28. The second-order valence-corrected chi connectivity index (χ2v) is 4.22. The van der Waals surface area contributed by atoms with Crippen LogP contribution in [0.1, 0.15) is 29.7 Å². The Morgan fingerprint density at radius 3 is 2.54 bits per heavy atom. The van der Waals surface area contributed by atoms with Crippen molar-refractivity contribution in [1.82, 2.24) is 5.32 Å². The van der Waals surface area contributed by atoms with Crippen molar-refractivity contribution >= 4 is 0 Å². The first-order chi connectivity index (χ1) is 6.18. The summed E-state index contributed by atoms with van der Waals surface area (Å²) >= 11 is 0. The summed E-state index contributed by atoms with van der Waals surface area (Å²) in [6.07, 6.45) is 0. The number of hydrogen-bond donors (Lipinski definition) is 1. The molecule has 0 saturated carbocycles. The van der Waals surface area contributed by atoms with Gasteiger partial charge in [0.1, 0.15) is 0 Å². The van der Waals surface area contributed by atoms with Gasteiger partial charge >= 0.3 is 0 Å². The van der Waals surface area contributed by atoms with Gasteiger partial charge in [0, 0.05) is 12.6 Å². The van der Waals surface area contributed by atoms with Crippen molar-refractivity contribution in [1.29, 1.82) is 0 Å². The van der Waals surface area contributed by atoms with Crippen LogP contribution in [0.25, 0.3) is 0 Å². The summed E-state index contributed by atoms with van der Waals surface area (Å²) in [4.78, 5) is 0. The molecule has 0 aromatic heterocycles. The number of rotatable bonds is 1. The Morgan fingerprint density at radius 2 is 2.08 bits per heavy atom. The van der Waals surface area contributed by atoms with Crippen molar-refractivity contribution in [2.24, 2.45) is 5.92 Å². The summed E-state index contributed by atoms with van der Waals surface area (Å²) in [5.41, 5.74) is 4.25. The number of hydrogen-bond acceptors (Lipinski definition) is 1. The molecule has 1 fully saturated rings. The minimum atomic E-state index is 0.598. The second-order valence-electron chi connectivity index (χ2n) is 4.22. The third-order valence-electron chi connectivity index (χ3n) is 2.99. The van der Waals surface area contributed by atoms with Crippen molar-refractivity contribution in [2.75, 3.05) is 6.54 Å². The molecular formula is C12H17N. The largest absolute Gasteiger partial charge is 0.309 e. The van der Waals surface area contributed by atoms with Gasteiger partial charge < -0.3 is 5.32 Å². The van der Waals surface area contributed by atoms with Gasteiger partial charge in [-0.1, -0.05) is 30.7 Å². The van der Waals surface area contributed by atoms with Crippen molar-refractivity contribution in [3.8, 4) is 0 Å². The molecule has 0 radical (unpaired) electrons. The first-order valence-corrected chi connectivity index (χ1v) is 4.99. The van der Waals surface area contributed by atoms with Crippen LogP contribution in [-0.2, 0) is 0 Å². The quantitative estimate of drug-likeness (QED) is 0.691. The van der Waals surface area contributed by atoms with Crippen LogP contribution in [0.3, 0.4) is 0 Å². The van der Waals surface area contributed by atoms with Crippen molar-refractivity contribution in [2.45, 2.75) is 26.8 Å². The minimum Gasteiger partial charge on any atom is -0.309 e. The summed E-state index contributed by atoms with van der Waals surface area (Å²) in [6.45, 7) is 7.82. The standard InChI is InChI=1S/C12H17N/c1-8-4-5-11(9(2)6-8)12-10(3)7-13-12/h4-6,10,12-13H,7H2,1-3H3. The molecule has 13 heavy (non-hydrogen) atoms. The lowest BCUT2D eigenvalue weighted by molar-refractivity contribution is 0.257. The van der Waals surface area contributed by atoms with Gasteiger partial charge in [0.25, 0.3) is 0 Å². The highest BCUT2D eigenvalue weighted by molar-refractivity contribution is 5.34. The molecular weight excluding hydrogens is 158 g/mol. The van der Waals surface area contributed by atoms with E-state index in [2.05, 4.69) is 44.3 Å². The van der Waals surface area contributed by atoms with E-state index in [1.807, 2.05) is 0 Å². The van der Waals surface area contributed by atoms with Crippen LogP contribution in [0.15, 0.2) is 18.2 Å². The molecule has 1 aromatic carbocycles. The average Bonchev–Trinajstić information content (AvgIpc) is 2.07. The van der Waals surface area contributed by atoms with E-state index in [1.54, 1.807) is 0 Å². The van der Waals surface area contributed by atoms with E-state index in [1.165, 1.54) is 16.7 Å². The number of nitrogens with one attached hydrogen (secondary N) is 1. The molecule has 2 rings (SSSR count). The fraction of sp³-hybridized carbons (Fsp3) is 0.500.